The standard InChI is InChI=1S/C20H19ClF2N8S/c1-11(18-24-9-13(21)10-25-18)12(2)32-29-20-27-26-19(16-7-8-30(3)28-16)31(20)17-14(22)5-4-6-15(17)23/h4-12H,1-3H3,(H,27,29)/t11?,12-/m0/s1. The number of aryl methyl sites for hydroxylation is 1. The first-order chi connectivity index (χ1) is 15.3. The summed E-state index contributed by atoms with van der Waals surface area (Å²) < 4.78 is 35.3. The Kier molecular flexibility index (Phi) is 6.38. The molecular formula is C20H19ClF2N8S. The van der Waals surface area contributed by atoms with Crippen molar-refractivity contribution in [3.8, 4) is 17.2 Å². The van der Waals surface area contributed by atoms with Crippen LogP contribution in [0.25, 0.3) is 17.2 Å². The Hall–Kier alpha value is -3.05. The summed E-state index contributed by atoms with van der Waals surface area (Å²) in [6.45, 7) is 3.95. The van der Waals surface area contributed by atoms with E-state index in [-0.39, 0.29) is 28.6 Å². The van der Waals surface area contributed by atoms with Crippen molar-refractivity contribution in [1.29, 1.82) is 0 Å². The minimum absolute atomic E-state index is 0.0231. The van der Waals surface area contributed by atoms with Crippen LogP contribution >= 0.6 is 23.5 Å². The van der Waals surface area contributed by atoms with Gasteiger partial charge in [0.25, 0.3) is 0 Å². The summed E-state index contributed by atoms with van der Waals surface area (Å²) in [4.78, 5) is 8.52. The SMILES string of the molecule is CC(c1ncc(Cl)cn1)[C@H](C)SNc1nnc(-c2ccn(C)n2)n1-c1c(F)cccc1F. The lowest BCUT2D eigenvalue weighted by Crippen LogP contribution is -2.15. The third-order valence-electron chi connectivity index (χ3n) is 4.85. The first-order valence-corrected chi connectivity index (χ1v) is 10.9. The van der Waals surface area contributed by atoms with E-state index in [1.165, 1.54) is 34.7 Å². The Morgan fingerprint density at radius 2 is 1.75 bits per heavy atom. The minimum atomic E-state index is -0.744. The predicted octanol–water partition coefficient (Wildman–Crippen LogP) is 4.64. The van der Waals surface area contributed by atoms with Gasteiger partial charge in [0.2, 0.25) is 5.95 Å². The molecule has 166 valence electrons. The lowest BCUT2D eigenvalue weighted by atomic mass is 10.1. The van der Waals surface area contributed by atoms with E-state index in [4.69, 9.17) is 11.6 Å². The first-order valence-electron chi connectivity index (χ1n) is 9.64. The van der Waals surface area contributed by atoms with Crippen LogP contribution in [0.15, 0.2) is 42.9 Å². The molecule has 2 atom stereocenters. The second-order valence-corrected chi connectivity index (χ2v) is 8.72. The Labute approximate surface area is 192 Å². The van der Waals surface area contributed by atoms with E-state index in [2.05, 4.69) is 30.0 Å². The fraction of sp³-hybridized carbons (Fsp3) is 0.250. The maximum atomic E-state index is 14.7. The van der Waals surface area contributed by atoms with Crippen molar-refractivity contribution in [3.05, 3.63) is 65.3 Å². The van der Waals surface area contributed by atoms with Crippen LogP contribution in [0.1, 0.15) is 25.6 Å². The molecule has 4 aromatic rings. The highest BCUT2D eigenvalue weighted by Crippen LogP contribution is 2.31. The molecule has 0 aliphatic heterocycles. The molecule has 0 saturated carbocycles. The molecule has 0 aliphatic carbocycles. The molecule has 8 nitrogen and oxygen atoms in total. The Morgan fingerprint density at radius 3 is 2.38 bits per heavy atom. The molecule has 0 amide bonds. The van der Waals surface area contributed by atoms with Crippen LogP contribution in [0.2, 0.25) is 5.02 Å². The number of anilines is 1. The summed E-state index contributed by atoms with van der Waals surface area (Å²) in [5, 5.41) is 13.0. The summed E-state index contributed by atoms with van der Waals surface area (Å²) in [5.41, 5.74) is 0.139. The zero-order valence-electron chi connectivity index (χ0n) is 17.4. The lowest BCUT2D eigenvalue weighted by Gasteiger charge is -2.19. The number of nitrogens with one attached hydrogen (secondary N) is 1. The van der Waals surface area contributed by atoms with E-state index in [9.17, 15) is 8.78 Å². The van der Waals surface area contributed by atoms with Crippen molar-refractivity contribution >= 4 is 29.5 Å². The molecule has 32 heavy (non-hydrogen) atoms. The van der Waals surface area contributed by atoms with Crippen LogP contribution in [-0.2, 0) is 7.05 Å². The van der Waals surface area contributed by atoms with Crippen molar-refractivity contribution in [2.45, 2.75) is 25.0 Å². The molecular weight excluding hydrogens is 458 g/mol. The second-order valence-electron chi connectivity index (χ2n) is 7.10. The number of nitrogens with zero attached hydrogens (tertiary/aromatic N) is 7. The maximum Gasteiger partial charge on any atom is 0.239 e. The summed E-state index contributed by atoms with van der Waals surface area (Å²) in [5.74, 6) is -0.527. The average Bonchev–Trinajstić information content (AvgIpc) is 3.38. The Morgan fingerprint density at radius 1 is 1.06 bits per heavy atom. The number of aromatic nitrogens is 7. The van der Waals surface area contributed by atoms with Crippen molar-refractivity contribution in [2.24, 2.45) is 7.05 Å². The van der Waals surface area contributed by atoms with Crippen molar-refractivity contribution in [3.63, 3.8) is 0 Å². The van der Waals surface area contributed by atoms with Gasteiger partial charge in [-0.1, -0.05) is 31.5 Å². The monoisotopic (exact) mass is 476 g/mol. The Balaban J connectivity index is 1.65. The topological polar surface area (TPSA) is 86.3 Å². The van der Waals surface area contributed by atoms with Crippen LogP contribution in [0, 0.1) is 11.6 Å². The van der Waals surface area contributed by atoms with Gasteiger partial charge in [-0.2, -0.15) is 5.10 Å². The van der Waals surface area contributed by atoms with Gasteiger partial charge >= 0.3 is 0 Å². The van der Waals surface area contributed by atoms with E-state index >= 15 is 0 Å². The quantitative estimate of drug-likeness (QED) is 0.389. The highest BCUT2D eigenvalue weighted by Gasteiger charge is 2.24. The molecule has 0 bridgehead atoms. The van der Waals surface area contributed by atoms with E-state index in [0.29, 0.717) is 16.5 Å². The molecule has 1 unspecified atom stereocenters. The Bertz CT molecular complexity index is 1210. The van der Waals surface area contributed by atoms with E-state index in [1.807, 2.05) is 13.8 Å². The van der Waals surface area contributed by atoms with Gasteiger partial charge in [-0.25, -0.2) is 18.7 Å². The lowest BCUT2D eigenvalue weighted by molar-refractivity contribution is 0.570. The number of halogens is 3. The molecule has 1 aromatic carbocycles. The number of rotatable bonds is 7. The summed E-state index contributed by atoms with van der Waals surface area (Å²) >= 11 is 7.18. The van der Waals surface area contributed by atoms with Crippen LogP contribution < -0.4 is 4.72 Å². The van der Waals surface area contributed by atoms with E-state index < -0.39 is 11.6 Å². The smallest absolute Gasteiger partial charge is 0.239 e. The van der Waals surface area contributed by atoms with E-state index in [1.54, 1.807) is 36.4 Å². The van der Waals surface area contributed by atoms with E-state index in [0.717, 1.165) is 0 Å². The predicted molar refractivity (Wildman–Crippen MR) is 120 cm³/mol. The molecule has 0 radical (unpaired) electrons. The summed E-state index contributed by atoms with van der Waals surface area (Å²) in [6, 6.07) is 5.36. The molecule has 12 heteroatoms. The van der Waals surface area contributed by atoms with Gasteiger partial charge in [0.05, 0.1) is 5.02 Å². The number of para-hydroxylation sites is 1. The molecule has 3 heterocycles. The van der Waals surface area contributed by atoms with Gasteiger partial charge in [-0.05, 0) is 30.1 Å². The third kappa shape index (κ3) is 4.44. The average molecular weight is 477 g/mol. The zero-order chi connectivity index (χ0) is 22.8. The first kappa shape index (κ1) is 22.2. The zero-order valence-corrected chi connectivity index (χ0v) is 18.9. The molecule has 0 spiro atoms. The number of hydrogen-bond donors (Lipinski definition) is 1. The molecule has 1 N–H and O–H groups in total. The van der Waals surface area contributed by atoms with Gasteiger partial charge in [-0.15, -0.1) is 10.2 Å². The van der Waals surface area contributed by atoms with Crippen LogP contribution in [0.3, 0.4) is 0 Å². The summed E-state index contributed by atoms with van der Waals surface area (Å²) in [7, 11) is 1.74. The largest absolute Gasteiger partial charge is 0.298 e. The highest BCUT2D eigenvalue weighted by molar-refractivity contribution is 8.01. The van der Waals surface area contributed by atoms with Gasteiger partial charge in [0.1, 0.15) is 28.8 Å². The third-order valence-corrected chi connectivity index (χ3v) is 6.13. The molecule has 0 saturated heterocycles. The highest BCUT2D eigenvalue weighted by atomic mass is 35.5. The van der Waals surface area contributed by atoms with Gasteiger partial charge in [0, 0.05) is 36.8 Å². The fourth-order valence-corrected chi connectivity index (χ4v) is 3.83. The van der Waals surface area contributed by atoms with Crippen molar-refractivity contribution < 1.29 is 8.78 Å². The molecule has 0 fully saturated rings. The van der Waals surface area contributed by atoms with Crippen LogP contribution in [-0.4, -0.2) is 39.8 Å². The maximum absolute atomic E-state index is 14.7. The van der Waals surface area contributed by atoms with Gasteiger partial charge < -0.3 is 0 Å². The van der Waals surface area contributed by atoms with Crippen LogP contribution in [0.4, 0.5) is 14.7 Å². The molecule has 4 rings (SSSR count). The fourth-order valence-electron chi connectivity index (χ4n) is 2.98. The molecule has 3 aromatic heterocycles. The number of hydrogen-bond acceptors (Lipinski definition) is 7. The van der Waals surface area contributed by atoms with Gasteiger partial charge in [-0.3, -0.25) is 14.0 Å². The van der Waals surface area contributed by atoms with Crippen molar-refractivity contribution in [1.82, 2.24) is 34.5 Å². The summed E-state index contributed by atoms with van der Waals surface area (Å²) in [6.07, 6.45) is 4.80. The van der Waals surface area contributed by atoms with Crippen LogP contribution in [0.5, 0.6) is 0 Å². The minimum Gasteiger partial charge on any atom is -0.298 e. The van der Waals surface area contributed by atoms with Crippen molar-refractivity contribution in [2.75, 3.05) is 4.72 Å². The number of benzene rings is 1. The van der Waals surface area contributed by atoms with Gasteiger partial charge in [0.15, 0.2) is 5.82 Å². The molecule has 0 aliphatic rings. The second kappa shape index (κ2) is 9.21. The normalized spacial score (nSPS) is 13.2.